The Kier molecular flexibility index (Phi) is 4.77. The summed E-state index contributed by atoms with van der Waals surface area (Å²) in [5.41, 5.74) is -2.42. The second-order valence-corrected chi connectivity index (χ2v) is 5.58. The normalized spacial score (nSPS) is 12.3. The molecule has 140 valence electrons. The highest BCUT2D eigenvalue weighted by Crippen LogP contribution is 2.34. The molecule has 3 rings (SSSR count). The average molecular weight is 405 g/mol. The predicted molar refractivity (Wildman–Crippen MR) is 83.5 cm³/mol. The molecule has 0 fully saturated rings. The minimum atomic E-state index is -4.80. The molecule has 0 aliphatic heterocycles. The van der Waals surface area contributed by atoms with Crippen molar-refractivity contribution in [1.29, 1.82) is 0 Å². The third kappa shape index (κ3) is 4.33. The first kappa shape index (κ1) is 19.0. The summed E-state index contributed by atoms with van der Waals surface area (Å²) in [6.07, 6.45) is -8.15. The lowest BCUT2D eigenvalue weighted by molar-refractivity contribution is -0.141. The Bertz CT molecular complexity index is 970. The quantitative estimate of drug-likeness (QED) is 0.430. The summed E-state index contributed by atoms with van der Waals surface area (Å²) < 4.78 is 77.5. The summed E-state index contributed by atoms with van der Waals surface area (Å²) in [6.45, 7) is 0. The zero-order chi connectivity index (χ0) is 19.8. The molecular formula is C16H7ClF6N4. The summed E-state index contributed by atoms with van der Waals surface area (Å²) in [7, 11) is 0. The number of aromatic nitrogens is 4. The van der Waals surface area contributed by atoms with Gasteiger partial charge in [-0.05, 0) is 35.9 Å². The Morgan fingerprint density at radius 2 is 1.41 bits per heavy atom. The van der Waals surface area contributed by atoms with E-state index in [1.54, 1.807) is 0 Å². The zero-order valence-electron chi connectivity index (χ0n) is 13.0. The SMILES string of the molecule is FC(F)(F)c1ccc(-c2cc(C(F)(F)F)nc(-c3ccnc(Cl)n3)n2)cc1. The van der Waals surface area contributed by atoms with Gasteiger partial charge in [0, 0.05) is 11.8 Å². The Morgan fingerprint density at radius 1 is 0.741 bits per heavy atom. The summed E-state index contributed by atoms with van der Waals surface area (Å²) in [4.78, 5) is 14.8. The summed E-state index contributed by atoms with van der Waals surface area (Å²) in [5, 5.41) is -0.218. The average Bonchev–Trinajstić information content (AvgIpc) is 2.60. The molecule has 11 heteroatoms. The number of alkyl halides is 6. The molecule has 0 aliphatic rings. The van der Waals surface area contributed by atoms with E-state index in [1.807, 2.05) is 0 Å². The van der Waals surface area contributed by atoms with E-state index in [4.69, 9.17) is 11.6 Å². The van der Waals surface area contributed by atoms with Crippen LogP contribution in [0.5, 0.6) is 0 Å². The highest BCUT2D eigenvalue weighted by Gasteiger charge is 2.34. The summed E-state index contributed by atoms with van der Waals surface area (Å²) >= 11 is 5.63. The molecule has 3 aromatic rings. The van der Waals surface area contributed by atoms with E-state index in [1.165, 1.54) is 12.3 Å². The van der Waals surface area contributed by atoms with Gasteiger partial charge in [-0.1, -0.05) is 12.1 Å². The third-order valence-corrected chi connectivity index (χ3v) is 3.56. The molecule has 1 aromatic carbocycles. The minimum absolute atomic E-state index is 0.0531. The molecular weight excluding hydrogens is 398 g/mol. The van der Waals surface area contributed by atoms with Gasteiger partial charge in [-0.15, -0.1) is 0 Å². The van der Waals surface area contributed by atoms with Crippen LogP contribution in [0.25, 0.3) is 22.8 Å². The molecule has 2 aromatic heterocycles. The molecule has 0 N–H and O–H groups in total. The lowest BCUT2D eigenvalue weighted by atomic mass is 10.1. The maximum Gasteiger partial charge on any atom is 0.433 e. The highest BCUT2D eigenvalue weighted by atomic mass is 35.5. The monoisotopic (exact) mass is 404 g/mol. The van der Waals surface area contributed by atoms with E-state index in [2.05, 4.69) is 19.9 Å². The van der Waals surface area contributed by atoms with E-state index >= 15 is 0 Å². The number of rotatable bonds is 2. The molecule has 0 saturated carbocycles. The number of hydrogen-bond donors (Lipinski definition) is 0. The van der Waals surface area contributed by atoms with Crippen LogP contribution in [0.2, 0.25) is 5.28 Å². The van der Waals surface area contributed by atoms with Gasteiger partial charge in [0.25, 0.3) is 0 Å². The number of nitrogens with zero attached hydrogens (tertiary/aromatic N) is 4. The van der Waals surface area contributed by atoms with E-state index in [-0.39, 0.29) is 28.1 Å². The first-order chi connectivity index (χ1) is 12.5. The standard InChI is InChI=1S/C16H7ClF6N4/c17-14-24-6-5-10(26-14)13-25-11(7-12(27-13)16(21,22)23)8-1-3-9(4-2-8)15(18,19)20/h1-7H. The van der Waals surface area contributed by atoms with Crippen molar-refractivity contribution in [3.63, 3.8) is 0 Å². The van der Waals surface area contributed by atoms with Crippen molar-refractivity contribution in [2.75, 3.05) is 0 Å². The third-order valence-electron chi connectivity index (χ3n) is 3.38. The Morgan fingerprint density at radius 3 is 1.96 bits per heavy atom. The van der Waals surface area contributed by atoms with Crippen molar-refractivity contribution in [3.05, 3.63) is 59.1 Å². The van der Waals surface area contributed by atoms with Crippen LogP contribution in [0.15, 0.2) is 42.6 Å². The first-order valence-electron chi connectivity index (χ1n) is 7.17. The maximum absolute atomic E-state index is 13.2. The van der Waals surface area contributed by atoms with Crippen molar-refractivity contribution < 1.29 is 26.3 Å². The number of halogens is 7. The first-order valence-corrected chi connectivity index (χ1v) is 7.55. The lowest BCUT2D eigenvalue weighted by Gasteiger charge is -2.11. The highest BCUT2D eigenvalue weighted by molar-refractivity contribution is 6.28. The van der Waals surface area contributed by atoms with Crippen LogP contribution < -0.4 is 0 Å². The Hall–Kier alpha value is -2.75. The molecule has 0 radical (unpaired) electrons. The van der Waals surface area contributed by atoms with E-state index in [9.17, 15) is 26.3 Å². The van der Waals surface area contributed by atoms with Crippen LogP contribution in [0, 0.1) is 0 Å². The van der Waals surface area contributed by atoms with Gasteiger partial charge >= 0.3 is 12.4 Å². The van der Waals surface area contributed by atoms with Crippen LogP contribution in [-0.2, 0) is 12.4 Å². The molecule has 4 nitrogen and oxygen atoms in total. The molecule has 0 saturated heterocycles. The van der Waals surface area contributed by atoms with Crippen LogP contribution >= 0.6 is 11.6 Å². The smallest absolute Gasteiger partial charge is 0.227 e. The second-order valence-electron chi connectivity index (χ2n) is 5.25. The fourth-order valence-electron chi connectivity index (χ4n) is 2.14. The molecule has 0 atom stereocenters. The minimum Gasteiger partial charge on any atom is -0.227 e. The number of benzene rings is 1. The maximum atomic E-state index is 13.2. The Labute approximate surface area is 152 Å². The van der Waals surface area contributed by atoms with Crippen LogP contribution in [0.1, 0.15) is 11.3 Å². The van der Waals surface area contributed by atoms with Crippen molar-refractivity contribution in [3.8, 4) is 22.8 Å². The van der Waals surface area contributed by atoms with Crippen molar-refractivity contribution in [2.45, 2.75) is 12.4 Å². The second kappa shape index (κ2) is 6.76. The van der Waals surface area contributed by atoms with E-state index in [0.717, 1.165) is 24.3 Å². The van der Waals surface area contributed by atoms with Crippen LogP contribution in [-0.4, -0.2) is 19.9 Å². The molecule has 0 aliphatic carbocycles. The Balaban J connectivity index is 2.13. The fourth-order valence-corrected chi connectivity index (χ4v) is 2.29. The van der Waals surface area contributed by atoms with Gasteiger partial charge in [-0.25, -0.2) is 19.9 Å². The summed E-state index contributed by atoms with van der Waals surface area (Å²) in [5.74, 6) is -0.385. The van der Waals surface area contributed by atoms with Gasteiger partial charge in [0.2, 0.25) is 5.28 Å². The molecule has 0 bridgehead atoms. The molecule has 27 heavy (non-hydrogen) atoms. The van der Waals surface area contributed by atoms with Crippen molar-refractivity contribution >= 4 is 11.6 Å². The van der Waals surface area contributed by atoms with Gasteiger partial charge in [-0.3, -0.25) is 0 Å². The van der Waals surface area contributed by atoms with Gasteiger partial charge in [0.15, 0.2) is 5.82 Å². The summed E-state index contributed by atoms with van der Waals surface area (Å²) in [6, 6.07) is 5.48. The lowest BCUT2D eigenvalue weighted by Crippen LogP contribution is -2.11. The van der Waals surface area contributed by atoms with E-state index in [0.29, 0.717) is 6.07 Å². The van der Waals surface area contributed by atoms with Crippen LogP contribution in [0.3, 0.4) is 0 Å². The zero-order valence-corrected chi connectivity index (χ0v) is 13.7. The fraction of sp³-hybridized carbons (Fsp3) is 0.125. The topological polar surface area (TPSA) is 51.6 Å². The van der Waals surface area contributed by atoms with Crippen molar-refractivity contribution in [2.24, 2.45) is 0 Å². The molecule has 0 amide bonds. The van der Waals surface area contributed by atoms with E-state index < -0.39 is 23.6 Å². The van der Waals surface area contributed by atoms with Gasteiger partial charge in [-0.2, -0.15) is 26.3 Å². The molecule has 0 spiro atoms. The molecule has 0 unspecified atom stereocenters. The van der Waals surface area contributed by atoms with Crippen molar-refractivity contribution in [1.82, 2.24) is 19.9 Å². The largest absolute Gasteiger partial charge is 0.433 e. The predicted octanol–water partition coefficient (Wildman–Crippen LogP) is 5.29. The van der Waals surface area contributed by atoms with Gasteiger partial charge < -0.3 is 0 Å². The number of hydrogen-bond acceptors (Lipinski definition) is 4. The van der Waals surface area contributed by atoms with Gasteiger partial charge in [0.05, 0.1) is 11.3 Å². The molecule has 2 heterocycles. The van der Waals surface area contributed by atoms with Crippen LogP contribution in [0.4, 0.5) is 26.3 Å². The van der Waals surface area contributed by atoms with Gasteiger partial charge in [0.1, 0.15) is 11.4 Å².